The summed E-state index contributed by atoms with van der Waals surface area (Å²) in [6.45, 7) is 0. The highest BCUT2D eigenvalue weighted by Crippen LogP contribution is 2.40. The highest BCUT2D eigenvalue weighted by molar-refractivity contribution is 6.31. The van der Waals surface area contributed by atoms with E-state index >= 15 is 0 Å². The van der Waals surface area contributed by atoms with Gasteiger partial charge < -0.3 is 14.6 Å². The van der Waals surface area contributed by atoms with E-state index in [0.29, 0.717) is 10.7 Å². The number of hydrogen-bond acceptors (Lipinski definition) is 2. The van der Waals surface area contributed by atoms with Gasteiger partial charge in [-0.25, -0.2) is 0 Å². The minimum absolute atomic E-state index is 0.0191. The molecule has 2 atom stereocenters. The first-order chi connectivity index (χ1) is 9.95. The number of carbonyl (C=O) groups excluding carboxylic acids is 1. The molecule has 0 aromatic carbocycles. The first kappa shape index (κ1) is 14.4. The van der Waals surface area contributed by atoms with Crippen LogP contribution in [0.5, 0.6) is 0 Å². The molecule has 2 saturated heterocycles. The number of halogens is 1. The van der Waals surface area contributed by atoms with E-state index in [4.69, 9.17) is 16.7 Å². The maximum absolute atomic E-state index is 12.8. The van der Waals surface area contributed by atoms with E-state index in [1.807, 2.05) is 11.9 Å². The molecule has 3 heterocycles. The van der Waals surface area contributed by atoms with Crippen molar-refractivity contribution in [2.24, 2.45) is 13.0 Å². The van der Waals surface area contributed by atoms with Crippen LogP contribution in [-0.4, -0.2) is 38.5 Å². The largest absolute Gasteiger partial charge is 0.481 e. The van der Waals surface area contributed by atoms with E-state index in [1.165, 1.54) is 0 Å². The molecule has 2 aliphatic rings. The van der Waals surface area contributed by atoms with Crippen molar-refractivity contribution in [2.45, 2.75) is 44.2 Å². The van der Waals surface area contributed by atoms with Crippen LogP contribution in [0.1, 0.15) is 42.6 Å². The summed E-state index contributed by atoms with van der Waals surface area (Å²) in [5.74, 6) is -0.528. The Morgan fingerprint density at radius 1 is 1.33 bits per heavy atom. The van der Waals surface area contributed by atoms with Crippen molar-refractivity contribution in [3.63, 3.8) is 0 Å². The van der Waals surface area contributed by atoms with E-state index in [0.717, 1.165) is 25.7 Å². The van der Waals surface area contributed by atoms with Crippen molar-refractivity contribution in [1.29, 1.82) is 0 Å². The molecule has 1 aromatic rings. The van der Waals surface area contributed by atoms with E-state index in [-0.39, 0.29) is 30.3 Å². The molecule has 114 valence electrons. The number of carboxylic acid groups (broad SMARTS) is 1. The Morgan fingerprint density at radius 3 is 2.43 bits per heavy atom. The van der Waals surface area contributed by atoms with Crippen LogP contribution < -0.4 is 0 Å². The summed E-state index contributed by atoms with van der Waals surface area (Å²) in [6, 6.07) is 2.05. The number of fused-ring (bicyclic) bond motifs is 2. The third-order valence-electron chi connectivity index (χ3n) is 4.72. The summed E-state index contributed by atoms with van der Waals surface area (Å²) in [5, 5.41) is 9.52. The number of carboxylic acids is 1. The Labute approximate surface area is 128 Å². The fraction of sp³-hybridized carbons (Fsp3) is 0.600. The van der Waals surface area contributed by atoms with Crippen molar-refractivity contribution in [1.82, 2.24) is 9.47 Å². The second kappa shape index (κ2) is 5.37. The van der Waals surface area contributed by atoms with Crippen LogP contribution >= 0.6 is 11.6 Å². The van der Waals surface area contributed by atoms with E-state index in [9.17, 15) is 9.59 Å². The number of amides is 1. The van der Waals surface area contributed by atoms with Gasteiger partial charge in [0.05, 0.1) is 5.02 Å². The van der Waals surface area contributed by atoms with E-state index in [2.05, 4.69) is 0 Å². The fourth-order valence-corrected chi connectivity index (χ4v) is 4.15. The highest BCUT2D eigenvalue weighted by atomic mass is 35.5. The van der Waals surface area contributed by atoms with E-state index in [1.54, 1.807) is 16.8 Å². The zero-order valence-corrected chi connectivity index (χ0v) is 12.7. The SMILES string of the molecule is Cn1cc(Cl)cc1C(=O)N1C2CCC1CC(CC(=O)O)C2. The Morgan fingerprint density at radius 2 is 1.95 bits per heavy atom. The molecule has 0 spiro atoms. The number of piperidine rings is 1. The smallest absolute Gasteiger partial charge is 0.303 e. The van der Waals surface area contributed by atoms with Crippen molar-refractivity contribution in [3.05, 3.63) is 23.0 Å². The lowest BCUT2D eigenvalue weighted by Crippen LogP contribution is -2.47. The molecule has 2 unspecified atom stereocenters. The monoisotopic (exact) mass is 310 g/mol. The number of hydrogen-bond donors (Lipinski definition) is 1. The van der Waals surface area contributed by atoms with E-state index < -0.39 is 5.97 Å². The van der Waals surface area contributed by atoms with Gasteiger partial charge in [0.1, 0.15) is 5.69 Å². The first-order valence-electron chi connectivity index (χ1n) is 7.32. The Kier molecular flexibility index (Phi) is 3.69. The van der Waals surface area contributed by atoms with Crippen molar-refractivity contribution in [3.8, 4) is 0 Å². The van der Waals surface area contributed by atoms with Gasteiger partial charge in [-0.05, 0) is 37.7 Å². The lowest BCUT2D eigenvalue weighted by atomic mass is 9.88. The zero-order valence-electron chi connectivity index (χ0n) is 12.0. The van der Waals surface area contributed by atoms with Gasteiger partial charge in [0, 0.05) is 31.7 Å². The number of aryl methyl sites for hydroxylation is 1. The van der Waals surface area contributed by atoms with Crippen LogP contribution in [0.25, 0.3) is 0 Å². The maximum Gasteiger partial charge on any atom is 0.303 e. The van der Waals surface area contributed by atoms with Crippen molar-refractivity contribution in [2.75, 3.05) is 0 Å². The van der Waals surface area contributed by atoms with Gasteiger partial charge in [-0.3, -0.25) is 9.59 Å². The van der Waals surface area contributed by atoms with Gasteiger partial charge in [-0.1, -0.05) is 11.6 Å². The second-order valence-electron chi connectivity index (χ2n) is 6.19. The number of aromatic nitrogens is 1. The van der Waals surface area contributed by atoms with Crippen molar-refractivity contribution < 1.29 is 14.7 Å². The average Bonchev–Trinajstić information content (AvgIpc) is 2.85. The molecule has 21 heavy (non-hydrogen) atoms. The minimum atomic E-state index is -0.742. The topological polar surface area (TPSA) is 62.5 Å². The summed E-state index contributed by atoms with van der Waals surface area (Å²) in [7, 11) is 1.82. The van der Waals surface area contributed by atoms with Gasteiger partial charge in [-0.2, -0.15) is 0 Å². The lowest BCUT2D eigenvalue weighted by Gasteiger charge is -2.38. The summed E-state index contributed by atoms with van der Waals surface area (Å²) in [4.78, 5) is 25.6. The van der Waals surface area contributed by atoms with Gasteiger partial charge in [0.15, 0.2) is 0 Å². The number of nitrogens with zero attached hydrogens (tertiary/aromatic N) is 2. The molecule has 0 radical (unpaired) electrons. The lowest BCUT2D eigenvalue weighted by molar-refractivity contribution is -0.138. The predicted molar refractivity (Wildman–Crippen MR) is 78.4 cm³/mol. The predicted octanol–water partition coefficient (Wildman–Crippen LogP) is 2.54. The zero-order chi connectivity index (χ0) is 15.1. The molecule has 6 heteroatoms. The number of rotatable bonds is 3. The summed E-state index contributed by atoms with van der Waals surface area (Å²) >= 11 is 5.96. The van der Waals surface area contributed by atoms with Crippen LogP contribution in [-0.2, 0) is 11.8 Å². The normalized spacial score (nSPS) is 27.9. The molecule has 1 amide bonds. The Hall–Kier alpha value is -1.49. The molecule has 1 N–H and O–H groups in total. The molecule has 3 rings (SSSR count). The molecule has 2 fully saturated rings. The number of aliphatic carboxylic acids is 1. The van der Waals surface area contributed by atoms with Gasteiger partial charge in [0.25, 0.3) is 5.91 Å². The number of carbonyl (C=O) groups is 2. The van der Waals surface area contributed by atoms with Crippen LogP contribution in [0, 0.1) is 5.92 Å². The summed E-state index contributed by atoms with van der Waals surface area (Å²) < 4.78 is 1.76. The van der Waals surface area contributed by atoms with Gasteiger partial charge in [0.2, 0.25) is 0 Å². The summed E-state index contributed by atoms with van der Waals surface area (Å²) in [5.41, 5.74) is 0.605. The molecule has 2 bridgehead atoms. The molecular formula is C15H19ClN2O3. The molecule has 0 saturated carbocycles. The molecular weight excluding hydrogens is 292 g/mol. The van der Waals surface area contributed by atoms with Crippen molar-refractivity contribution >= 4 is 23.5 Å². The average molecular weight is 311 g/mol. The quantitative estimate of drug-likeness (QED) is 0.933. The van der Waals surface area contributed by atoms with Gasteiger partial charge >= 0.3 is 5.97 Å². The molecule has 2 aliphatic heterocycles. The van der Waals surface area contributed by atoms with Crippen LogP contribution in [0.15, 0.2) is 12.3 Å². The van der Waals surface area contributed by atoms with Gasteiger partial charge in [-0.15, -0.1) is 0 Å². The van der Waals surface area contributed by atoms with Crippen LogP contribution in [0.4, 0.5) is 0 Å². The second-order valence-corrected chi connectivity index (χ2v) is 6.62. The molecule has 5 nitrogen and oxygen atoms in total. The summed E-state index contributed by atoms with van der Waals surface area (Å²) in [6.07, 6.45) is 5.49. The highest BCUT2D eigenvalue weighted by Gasteiger charge is 2.44. The first-order valence-corrected chi connectivity index (χ1v) is 7.70. The Bertz CT molecular complexity index is 569. The molecule has 1 aromatic heterocycles. The van der Waals surface area contributed by atoms with Crippen LogP contribution in [0.3, 0.4) is 0 Å². The minimum Gasteiger partial charge on any atom is -0.481 e. The Balaban J connectivity index is 1.77. The maximum atomic E-state index is 12.8. The molecule has 0 aliphatic carbocycles. The standard InChI is InChI=1S/C15H19ClN2O3/c1-17-8-10(16)7-13(17)15(21)18-11-2-3-12(18)5-9(4-11)6-14(19)20/h7-9,11-12H,2-6H2,1H3,(H,19,20). The fourth-order valence-electron chi connectivity index (χ4n) is 3.90. The third kappa shape index (κ3) is 2.67. The third-order valence-corrected chi connectivity index (χ3v) is 4.93. The van der Waals surface area contributed by atoms with Crippen LogP contribution in [0.2, 0.25) is 5.02 Å².